The molecule has 3 nitrogen and oxygen atoms in total. The van der Waals surface area contributed by atoms with Crippen LogP contribution in [0.2, 0.25) is 0 Å². The molecule has 0 aromatic rings. The Bertz CT molecular complexity index is 294. The van der Waals surface area contributed by atoms with Gasteiger partial charge in [-0.05, 0) is 18.3 Å². The highest BCUT2D eigenvalue weighted by atomic mass is 16.2. The van der Waals surface area contributed by atoms with Crippen molar-refractivity contribution in [2.45, 2.75) is 52.9 Å². The number of rotatable bonds is 2. The molecule has 1 amide bonds. The van der Waals surface area contributed by atoms with E-state index < -0.39 is 0 Å². The van der Waals surface area contributed by atoms with Crippen molar-refractivity contribution in [2.75, 3.05) is 32.7 Å². The van der Waals surface area contributed by atoms with E-state index in [4.69, 9.17) is 0 Å². The highest BCUT2D eigenvalue weighted by Gasteiger charge is 2.29. The molecule has 2 fully saturated rings. The van der Waals surface area contributed by atoms with Crippen LogP contribution in [0.3, 0.4) is 0 Å². The zero-order valence-corrected chi connectivity index (χ0v) is 13.0. The second-order valence-corrected chi connectivity index (χ2v) is 7.50. The Morgan fingerprint density at radius 3 is 2.11 bits per heavy atom. The average Bonchev–Trinajstić information content (AvgIpc) is 2.38. The van der Waals surface area contributed by atoms with Gasteiger partial charge in [0.05, 0.1) is 0 Å². The maximum atomic E-state index is 12.5. The molecule has 0 radical (unpaired) electrons. The second kappa shape index (κ2) is 6.25. The molecule has 1 saturated carbocycles. The summed E-state index contributed by atoms with van der Waals surface area (Å²) in [5, 5.41) is 0. The quantitative estimate of drug-likeness (QED) is 0.767. The van der Waals surface area contributed by atoms with E-state index in [9.17, 15) is 4.79 Å². The SMILES string of the molecule is CC(C)(C)CN1CCN(C(=O)C2CCCCC2)CC1. The Morgan fingerprint density at radius 2 is 1.58 bits per heavy atom. The van der Waals surface area contributed by atoms with E-state index in [1.165, 1.54) is 19.3 Å². The number of hydrogen-bond acceptors (Lipinski definition) is 2. The maximum absolute atomic E-state index is 12.5. The van der Waals surface area contributed by atoms with Gasteiger partial charge >= 0.3 is 0 Å². The highest BCUT2D eigenvalue weighted by molar-refractivity contribution is 5.79. The van der Waals surface area contributed by atoms with E-state index in [1.807, 2.05) is 0 Å². The van der Waals surface area contributed by atoms with Crippen molar-refractivity contribution >= 4 is 5.91 Å². The molecule has 0 atom stereocenters. The molecule has 2 aliphatic rings. The lowest BCUT2D eigenvalue weighted by Gasteiger charge is -2.39. The molecule has 0 unspecified atom stereocenters. The first-order chi connectivity index (χ1) is 8.96. The van der Waals surface area contributed by atoms with Gasteiger partial charge in [0.25, 0.3) is 0 Å². The monoisotopic (exact) mass is 266 g/mol. The van der Waals surface area contributed by atoms with Crippen LogP contribution in [-0.4, -0.2) is 48.4 Å². The summed E-state index contributed by atoms with van der Waals surface area (Å²) < 4.78 is 0. The Hall–Kier alpha value is -0.570. The van der Waals surface area contributed by atoms with Crippen LogP contribution in [0.4, 0.5) is 0 Å². The minimum absolute atomic E-state index is 0.336. The third-order valence-electron chi connectivity index (χ3n) is 4.34. The summed E-state index contributed by atoms with van der Waals surface area (Å²) in [5.74, 6) is 0.776. The van der Waals surface area contributed by atoms with Gasteiger partial charge in [-0.15, -0.1) is 0 Å². The van der Waals surface area contributed by atoms with E-state index >= 15 is 0 Å². The Morgan fingerprint density at radius 1 is 1.00 bits per heavy atom. The molecule has 0 bridgehead atoms. The van der Waals surface area contributed by atoms with Gasteiger partial charge in [0, 0.05) is 38.6 Å². The standard InChI is InChI=1S/C16H30N2O/c1-16(2,3)13-17-9-11-18(12-10-17)15(19)14-7-5-4-6-8-14/h14H,4-13H2,1-3H3. The lowest BCUT2D eigenvalue weighted by Crippen LogP contribution is -2.52. The molecule has 1 aliphatic carbocycles. The van der Waals surface area contributed by atoms with Crippen LogP contribution >= 0.6 is 0 Å². The molecule has 2 rings (SSSR count). The van der Waals surface area contributed by atoms with E-state index in [0.29, 0.717) is 17.2 Å². The Balaban J connectivity index is 1.77. The fourth-order valence-electron chi connectivity index (χ4n) is 3.40. The fourth-order valence-corrected chi connectivity index (χ4v) is 3.40. The predicted molar refractivity (Wildman–Crippen MR) is 79.1 cm³/mol. The molecule has 1 heterocycles. The molecule has 19 heavy (non-hydrogen) atoms. The van der Waals surface area contributed by atoms with Gasteiger partial charge in [0.1, 0.15) is 0 Å². The number of carbonyl (C=O) groups is 1. The van der Waals surface area contributed by atoms with Gasteiger partial charge in [-0.1, -0.05) is 40.0 Å². The van der Waals surface area contributed by atoms with Crippen molar-refractivity contribution in [3.05, 3.63) is 0 Å². The zero-order valence-electron chi connectivity index (χ0n) is 13.0. The molecule has 110 valence electrons. The van der Waals surface area contributed by atoms with Gasteiger partial charge in [-0.2, -0.15) is 0 Å². The average molecular weight is 266 g/mol. The highest BCUT2D eigenvalue weighted by Crippen LogP contribution is 2.26. The molecular formula is C16H30N2O. The van der Waals surface area contributed by atoms with Crippen LogP contribution in [0, 0.1) is 11.3 Å². The normalized spacial score (nSPS) is 23.6. The minimum atomic E-state index is 0.336. The van der Waals surface area contributed by atoms with Gasteiger partial charge < -0.3 is 4.90 Å². The van der Waals surface area contributed by atoms with Crippen molar-refractivity contribution in [2.24, 2.45) is 11.3 Å². The molecule has 0 aromatic carbocycles. The fraction of sp³-hybridized carbons (Fsp3) is 0.938. The van der Waals surface area contributed by atoms with E-state index in [1.54, 1.807) is 0 Å². The largest absolute Gasteiger partial charge is 0.340 e. The van der Waals surface area contributed by atoms with Gasteiger partial charge in [0.15, 0.2) is 0 Å². The van der Waals surface area contributed by atoms with Crippen molar-refractivity contribution in [1.29, 1.82) is 0 Å². The van der Waals surface area contributed by atoms with E-state index in [0.717, 1.165) is 45.6 Å². The van der Waals surface area contributed by atoms with Crippen LogP contribution < -0.4 is 0 Å². The number of amides is 1. The number of hydrogen-bond donors (Lipinski definition) is 0. The van der Waals surface area contributed by atoms with Gasteiger partial charge in [0.2, 0.25) is 5.91 Å². The molecular weight excluding hydrogens is 236 g/mol. The summed E-state index contributed by atoms with van der Waals surface area (Å²) >= 11 is 0. The first kappa shape index (κ1) is 14.8. The van der Waals surface area contributed by atoms with E-state index in [2.05, 4.69) is 30.6 Å². The lowest BCUT2D eigenvalue weighted by atomic mass is 9.88. The minimum Gasteiger partial charge on any atom is -0.340 e. The molecule has 1 aliphatic heterocycles. The molecule has 0 N–H and O–H groups in total. The van der Waals surface area contributed by atoms with Crippen LogP contribution in [0.15, 0.2) is 0 Å². The van der Waals surface area contributed by atoms with Crippen LogP contribution in [0.25, 0.3) is 0 Å². The number of carbonyl (C=O) groups excluding carboxylic acids is 1. The van der Waals surface area contributed by atoms with Crippen molar-refractivity contribution in [1.82, 2.24) is 9.80 Å². The molecule has 0 spiro atoms. The number of nitrogens with zero attached hydrogens (tertiary/aromatic N) is 2. The topological polar surface area (TPSA) is 23.6 Å². The predicted octanol–water partition coefficient (Wildman–Crippen LogP) is 2.76. The molecule has 3 heteroatoms. The van der Waals surface area contributed by atoms with Crippen molar-refractivity contribution in [3.8, 4) is 0 Å². The summed E-state index contributed by atoms with van der Waals surface area (Å²) in [6.07, 6.45) is 6.08. The first-order valence-electron chi connectivity index (χ1n) is 7.97. The summed E-state index contributed by atoms with van der Waals surface area (Å²) in [4.78, 5) is 17.1. The summed E-state index contributed by atoms with van der Waals surface area (Å²) in [5.41, 5.74) is 0.357. The van der Waals surface area contributed by atoms with E-state index in [-0.39, 0.29) is 0 Å². The number of piperazine rings is 1. The van der Waals surface area contributed by atoms with Crippen LogP contribution in [0.5, 0.6) is 0 Å². The third kappa shape index (κ3) is 4.48. The van der Waals surface area contributed by atoms with Crippen LogP contribution in [-0.2, 0) is 4.79 Å². The lowest BCUT2D eigenvalue weighted by molar-refractivity contribution is -0.138. The zero-order chi connectivity index (χ0) is 13.9. The molecule has 0 aromatic heterocycles. The van der Waals surface area contributed by atoms with Crippen LogP contribution in [0.1, 0.15) is 52.9 Å². The smallest absolute Gasteiger partial charge is 0.225 e. The van der Waals surface area contributed by atoms with Gasteiger partial charge in [-0.25, -0.2) is 0 Å². The summed E-state index contributed by atoms with van der Waals surface area (Å²) in [6, 6.07) is 0. The molecule has 1 saturated heterocycles. The summed E-state index contributed by atoms with van der Waals surface area (Å²) in [7, 11) is 0. The first-order valence-corrected chi connectivity index (χ1v) is 7.97. The Labute approximate surface area is 118 Å². The second-order valence-electron chi connectivity index (χ2n) is 7.50. The summed E-state index contributed by atoms with van der Waals surface area (Å²) in [6.45, 7) is 12.0. The van der Waals surface area contributed by atoms with Crippen molar-refractivity contribution < 1.29 is 4.79 Å². The maximum Gasteiger partial charge on any atom is 0.225 e. The van der Waals surface area contributed by atoms with Crippen molar-refractivity contribution in [3.63, 3.8) is 0 Å². The third-order valence-corrected chi connectivity index (χ3v) is 4.34. The Kier molecular flexibility index (Phi) is 4.88. The van der Waals surface area contributed by atoms with Gasteiger partial charge in [-0.3, -0.25) is 9.69 Å².